The van der Waals surface area contributed by atoms with Crippen molar-refractivity contribution in [2.24, 2.45) is 0 Å². The lowest BCUT2D eigenvalue weighted by Crippen LogP contribution is -2.32. The Morgan fingerprint density at radius 3 is 2.79 bits per heavy atom. The van der Waals surface area contributed by atoms with Crippen molar-refractivity contribution in [3.8, 4) is 11.4 Å². The van der Waals surface area contributed by atoms with Crippen LogP contribution in [0, 0.1) is 0 Å². The highest BCUT2D eigenvalue weighted by Crippen LogP contribution is 2.23. The van der Waals surface area contributed by atoms with E-state index in [0.29, 0.717) is 5.82 Å². The van der Waals surface area contributed by atoms with Gasteiger partial charge < -0.3 is 14.7 Å². The Balaban J connectivity index is 1.49. The second-order valence-electron chi connectivity index (χ2n) is 6.47. The third-order valence-corrected chi connectivity index (χ3v) is 4.74. The third kappa shape index (κ3) is 3.11. The summed E-state index contributed by atoms with van der Waals surface area (Å²) in [6, 6.07) is 4.02. The number of hydrogen-bond donors (Lipinski definition) is 1. The summed E-state index contributed by atoms with van der Waals surface area (Å²) in [5.74, 6) is 1.09. The molecule has 7 nitrogen and oxygen atoms in total. The first kappa shape index (κ1) is 15.1. The van der Waals surface area contributed by atoms with E-state index in [1.165, 1.54) is 12.8 Å². The van der Waals surface area contributed by atoms with Crippen molar-refractivity contribution in [2.45, 2.75) is 44.6 Å². The number of carbonyl (C=O) groups excluding carboxylic acids is 1. The van der Waals surface area contributed by atoms with Gasteiger partial charge in [0.25, 0.3) is 0 Å². The minimum absolute atomic E-state index is 0.0245. The van der Waals surface area contributed by atoms with Gasteiger partial charge in [-0.15, -0.1) is 0 Å². The standard InChI is InChI=1S/C17H21N5O2/c23-16(19-13-5-1-2-6-13)17-20-15(21-24-17)12-7-8-18-14(11-12)22-9-3-4-10-22/h7-8,11,13H,1-6,9-10H2,(H,19,23). The van der Waals surface area contributed by atoms with E-state index in [2.05, 4.69) is 25.3 Å². The van der Waals surface area contributed by atoms with Gasteiger partial charge >= 0.3 is 11.8 Å². The summed E-state index contributed by atoms with van der Waals surface area (Å²) in [4.78, 5) is 23.1. The fourth-order valence-electron chi connectivity index (χ4n) is 3.43. The average molecular weight is 327 g/mol. The van der Waals surface area contributed by atoms with Gasteiger partial charge in [0.15, 0.2) is 0 Å². The topological polar surface area (TPSA) is 84.2 Å². The zero-order valence-corrected chi connectivity index (χ0v) is 13.6. The highest BCUT2D eigenvalue weighted by atomic mass is 16.5. The predicted octanol–water partition coefficient (Wildman–Crippen LogP) is 2.40. The van der Waals surface area contributed by atoms with Crippen LogP contribution in [0.15, 0.2) is 22.9 Å². The van der Waals surface area contributed by atoms with Crippen molar-refractivity contribution in [3.63, 3.8) is 0 Å². The van der Waals surface area contributed by atoms with E-state index >= 15 is 0 Å². The minimum Gasteiger partial charge on any atom is -0.357 e. The highest BCUT2D eigenvalue weighted by Gasteiger charge is 2.22. The van der Waals surface area contributed by atoms with Crippen LogP contribution in [0.25, 0.3) is 11.4 Å². The monoisotopic (exact) mass is 327 g/mol. The molecule has 1 saturated heterocycles. The quantitative estimate of drug-likeness (QED) is 0.928. The molecule has 4 rings (SSSR count). The second kappa shape index (κ2) is 6.59. The first-order valence-electron chi connectivity index (χ1n) is 8.65. The lowest BCUT2D eigenvalue weighted by atomic mass is 10.2. The van der Waals surface area contributed by atoms with E-state index in [1.807, 2.05) is 12.1 Å². The Morgan fingerprint density at radius 2 is 2.00 bits per heavy atom. The lowest BCUT2D eigenvalue weighted by molar-refractivity contribution is 0.0893. The normalized spacial score (nSPS) is 18.2. The Hall–Kier alpha value is -2.44. The molecule has 0 bridgehead atoms. The van der Waals surface area contributed by atoms with E-state index in [4.69, 9.17) is 4.52 Å². The Bertz CT molecular complexity index is 717. The van der Waals surface area contributed by atoms with Crippen molar-refractivity contribution in [2.75, 3.05) is 18.0 Å². The van der Waals surface area contributed by atoms with Gasteiger partial charge in [-0.3, -0.25) is 4.79 Å². The maximum absolute atomic E-state index is 12.2. The lowest BCUT2D eigenvalue weighted by Gasteiger charge is -2.16. The molecule has 1 aliphatic heterocycles. The number of aromatic nitrogens is 3. The van der Waals surface area contributed by atoms with Gasteiger partial charge in [-0.2, -0.15) is 4.98 Å². The van der Waals surface area contributed by atoms with Gasteiger partial charge in [-0.05, 0) is 37.8 Å². The molecule has 1 aliphatic carbocycles. The molecule has 3 heterocycles. The fourth-order valence-corrected chi connectivity index (χ4v) is 3.43. The van der Waals surface area contributed by atoms with Gasteiger partial charge in [0.1, 0.15) is 5.82 Å². The molecular formula is C17H21N5O2. The number of nitrogens with zero attached hydrogens (tertiary/aromatic N) is 4. The molecule has 0 radical (unpaired) electrons. The highest BCUT2D eigenvalue weighted by molar-refractivity contribution is 5.90. The number of nitrogens with one attached hydrogen (secondary N) is 1. The SMILES string of the molecule is O=C(NC1CCCC1)c1nc(-c2ccnc(N3CCCC3)c2)no1. The van der Waals surface area contributed by atoms with E-state index in [1.54, 1.807) is 6.20 Å². The number of amides is 1. The average Bonchev–Trinajstić information content (AvgIpc) is 3.36. The molecule has 0 spiro atoms. The molecule has 126 valence electrons. The summed E-state index contributed by atoms with van der Waals surface area (Å²) in [6.07, 6.45) is 8.51. The molecule has 0 unspecified atom stereocenters. The Morgan fingerprint density at radius 1 is 1.21 bits per heavy atom. The van der Waals surface area contributed by atoms with Crippen LogP contribution in [-0.4, -0.2) is 40.2 Å². The van der Waals surface area contributed by atoms with Crippen molar-refractivity contribution in [1.29, 1.82) is 0 Å². The largest absolute Gasteiger partial charge is 0.357 e. The molecule has 2 aliphatic rings. The summed E-state index contributed by atoms with van der Waals surface area (Å²) >= 11 is 0. The van der Waals surface area contributed by atoms with E-state index in [-0.39, 0.29) is 17.8 Å². The minimum atomic E-state index is -0.283. The van der Waals surface area contributed by atoms with Crippen molar-refractivity contribution < 1.29 is 9.32 Å². The Kier molecular flexibility index (Phi) is 4.15. The smallest absolute Gasteiger partial charge is 0.316 e. The van der Waals surface area contributed by atoms with Crippen LogP contribution in [0.3, 0.4) is 0 Å². The molecule has 24 heavy (non-hydrogen) atoms. The van der Waals surface area contributed by atoms with Gasteiger partial charge in [-0.1, -0.05) is 18.0 Å². The van der Waals surface area contributed by atoms with E-state index in [0.717, 1.165) is 50.2 Å². The zero-order chi connectivity index (χ0) is 16.4. The van der Waals surface area contributed by atoms with Gasteiger partial charge in [-0.25, -0.2) is 4.98 Å². The van der Waals surface area contributed by atoms with Crippen LogP contribution in [0.4, 0.5) is 5.82 Å². The van der Waals surface area contributed by atoms with Crippen LogP contribution in [0.1, 0.15) is 49.2 Å². The second-order valence-corrected chi connectivity index (χ2v) is 6.47. The maximum Gasteiger partial charge on any atom is 0.316 e. The fraction of sp³-hybridized carbons (Fsp3) is 0.529. The van der Waals surface area contributed by atoms with E-state index in [9.17, 15) is 4.79 Å². The Labute approximate surface area is 140 Å². The molecule has 1 saturated carbocycles. The summed E-state index contributed by atoms with van der Waals surface area (Å²) in [5.41, 5.74) is 0.815. The van der Waals surface area contributed by atoms with Crippen LogP contribution >= 0.6 is 0 Å². The summed E-state index contributed by atoms with van der Waals surface area (Å²) < 4.78 is 5.15. The maximum atomic E-state index is 12.2. The van der Waals surface area contributed by atoms with Crippen LogP contribution < -0.4 is 10.2 Å². The third-order valence-electron chi connectivity index (χ3n) is 4.74. The molecule has 0 aromatic carbocycles. The number of anilines is 1. The molecule has 2 fully saturated rings. The summed E-state index contributed by atoms with van der Waals surface area (Å²) in [5, 5.41) is 6.92. The van der Waals surface area contributed by atoms with Crippen molar-refractivity contribution in [1.82, 2.24) is 20.4 Å². The predicted molar refractivity (Wildman–Crippen MR) is 88.7 cm³/mol. The van der Waals surface area contributed by atoms with Crippen molar-refractivity contribution >= 4 is 11.7 Å². The molecular weight excluding hydrogens is 306 g/mol. The van der Waals surface area contributed by atoms with Gasteiger partial charge in [0, 0.05) is 30.9 Å². The molecule has 0 atom stereocenters. The van der Waals surface area contributed by atoms with Gasteiger partial charge in [0.05, 0.1) is 0 Å². The molecule has 2 aromatic heterocycles. The molecule has 1 N–H and O–H groups in total. The first-order chi connectivity index (χ1) is 11.8. The van der Waals surface area contributed by atoms with Crippen LogP contribution in [-0.2, 0) is 0 Å². The number of carbonyl (C=O) groups is 1. The number of hydrogen-bond acceptors (Lipinski definition) is 6. The summed E-state index contributed by atoms with van der Waals surface area (Å²) in [6.45, 7) is 2.05. The molecule has 2 aromatic rings. The molecule has 7 heteroatoms. The number of pyridine rings is 1. The zero-order valence-electron chi connectivity index (χ0n) is 13.6. The van der Waals surface area contributed by atoms with E-state index < -0.39 is 0 Å². The van der Waals surface area contributed by atoms with Gasteiger partial charge in [0.2, 0.25) is 5.82 Å². The number of rotatable bonds is 4. The first-order valence-corrected chi connectivity index (χ1v) is 8.65. The van der Waals surface area contributed by atoms with Crippen LogP contribution in [0.5, 0.6) is 0 Å². The van der Waals surface area contributed by atoms with Crippen molar-refractivity contribution in [3.05, 3.63) is 24.2 Å². The van der Waals surface area contributed by atoms with Crippen LogP contribution in [0.2, 0.25) is 0 Å². The summed E-state index contributed by atoms with van der Waals surface area (Å²) in [7, 11) is 0. The molecule has 1 amide bonds.